The van der Waals surface area contributed by atoms with E-state index in [9.17, 15) is 0 Å². The number of hydrogen-bond donors (Lipinski definition) is 1. The molecule has 1 aromatic heterocycles. The fourth-order valence-electron chi connectivity index (χ4n) is 2.30. The smallest absolute Gasteiger partial charge is 0.224 e. The molecule has 1 atom stereocenters. The third-order valence-corrected chi connectivity index (χ3v) is 3.94. The highest BCUT2D eigenvalue weighted by molar-refractivity contribution is 9.10. The lowest BCUT2D eigenvalue weighted by molar-refractivity contribution is 0.521. The summed E-state index contributed by atoms with van der Waals surface area (Å²) in [5.41, 5.74) is 0. The molecule has 0 amide bonds. The summed E-state index contributed by atoms with van der Waals surface area (Å²) >= 11 is 3.56. The maximum absolute atomic E-state index is 4.61. The van der Waals surface area contributed by atoms with E-state index >= 15 is 0 Å². The number of nitrogens with zero attached hydrogens (tertiary/aromatic N) is 3. The highest BCUT2D eigenvalue weighted by Crippen LogP contribution is 2.27. The largest absolute Gasteiger partial charge is 0.356 e. The Morgan fingerprint density at radius 1 is 1.44 bits per heavy atom. The zero-order chi connectivity index (χ0) is 13.0. The Morgan fingerprint density at radius 3 is 3.06 bits per heavy atom. The summed E-state index contributed by atoms with van der Waals surface area (Å²) < 4.78 is 0.985. The fourth-order valence-corrected chi connectivity index (χ4v) is 2.74. The molecule has 1 saturated heterocycles. The van der Waals surface area contributed by atoms with Crippen LogP contribution in [0, 0.1) is 5.92 Å². The van der Waals surface area contributed by atoms with Crippen LogP contribution in [0.4, 0.5) is 11.8 Å². The van der Waals surface area contributed by atoms with Crippen molar-refractivity contribution in [1.29, 1.82) is 0 Å². The fraction of sp³-hybridized carbons (Fsp3) is 0.692. The summed E-state index contributed by atoms with van der Waals surface area (Å²) in [5, 5.41) is 3.17. The molecule has 0 aromatic carbocycles. The van der Waals surface area contributed by atoms with Gasteiger partial charge in [-0.25, -0.2) is 4.98 Å². The van der Waals surface area contributed by atoms with Crippen LogP contribution in [0.2, 0.25) is 0 Å². The van der Waals surface area contributed by atoms with Gasteiger partial charge in [-0.1, -0.05) is 6.92 Å². The zero-order valence-corrected chi connectivity index (χ0v) is 12.7. The lowest BCUT2D eigenvalue weighted by Gasteiger charge is -2.23. The van der Waals surface area contributed by atoms with E-state index in [1.807, 2.05) is 6.20 Å². The van der Waals surface area contributed by atoms with Gasteiger partial charge in [0.05, 0.1) is 4.47 Å². The Labute approximate surface area is 117 Å². The zero-order valence-electron chi connectivity index (χ0n) is 11.1. The predicted octanol–water partition coefficient (Wildman–Crippen LogP) is 3.30. The van der Waals surface area contributed by atoms with Crippen molar-refractivity contribution in [1.82, 2.24) is 9.97 Å². The second kappa shape index (κ2) is 6.36. The normalized spacial score (nSPS) is 20.6. The van der Waals surface area contributed by atoms with Crippen LogP contribution in [-0.2, 0) is 0 Å². The highest BCUT2D eigenvalue weighted by atomic mass is 79.9. The molecule has 0 radical (unpaired) electrons. The first-order chi connectivity index (χ1) is 8.70. The van der Waals surface area contributed by atoms with Gasteiger partial charge in [-0.2, -0.15) is 4.98 Å². The molecule has 2 rings (SSSR count). The predicted molar refractivity (Wildman–Crippen MR) is 79.1 cm³/mol. The van der Waals surface area contributed by atoms with Gasteiger partial charge in [0.1, 0.15) is 5.82 Å². The van der Waals surface area contributed by atoms with Crippen molar-refractivity contribution in [2.24, 2.45) is 5.92 Å². The molecule has 4 nitrogen and oxygen atoms in total. The number of aromatic nitrogens is 2. The Bertz CT molecular complexity index is 397. The van der Waals surface area contributed by atoms with Crippen molar-refractivity contribution in [2.75, 3.05) is 29.9 Å². The van der Waals surface area contributed by atoms with E-state index in [1.54, 1.807) is 0 Å². The van der Waals surface area contributed by atoms with Crippen LogP contribution in [0.1, 0.15) is 33.1 Å². The minimum atomic E-state index is 0.716. The van der Waals surface area contributed by atoms with Crippen LogP contribution in [0.25, 0.3) is 0 Å². The molecule has 0 saturated carbocycles. The molecule has 5 heteroatoms. The van der Waals surface area contributed by atoms with E-state index in [4.69, 9.17) is 0 Å². The Balaban J connectivity index is 2.17. The van der Waals surface area contributed by atoms with Crippen molar-refractivity contribution in [3.8, 4) is 0 Å². The summed E-state index contributed by atoms with van der Waals surface area (Å²) in [6, 6.07) is 0. The molecule has 1 aromatic rings. The topological polar surface area (TPSA) is 41.1 Å². The standard InChI is InChI=1S/C13H21BrN4/c1-3-15-13-16-9-11(14)12(17-13)18-7-4-5-10(2)6-8-18/h9-10H,3-8H2,1-2H3,(H,15,16,17). The Kier molecular flexibility index (Phi) is 4.80. The van der Waals surface area contributed by atoms with Gasteiger partial charge < -0.3 is 10.2 Å². The van der Waals surface area contributed by atoms with Crippen LogP contribution in [0.15, 0.2) is 10.7 Å². The third-order valence-electron chi connectivity index (χ3n) is 3.38. The molecule has 1 fully saturated rings. The highest BCUT2D eigenvalue weighted by Gasteiger charge is 2.17. The number of anilines is 2. The van der Waals surface area contributed by atoms with E-state index in [1.165, 1.54) is 19.3 Å². The van der Waals surface area contributed by atoms with E-state index in [0.29, 0.717) is 5.95 Å². The van der Waals surface area contributed by atoms with Crippen LogP contribution in [0.3, 0.4) is 0 Å². The first kappa shape index (κ1) is 13.6. The Hall–Kier alpha value is -0.840. The minimum Gasteiger partial charge on any atom is -0.356 e. The summed E-state index contributed by atoms with van der Waals surface area (Å²) in [7, 11) is 0. The number of halogens is 1. The maximum Gasteiger partial charge on any atom is 0.224 e. The summed E-state index contributed by atoms with van der Waals surface area (Å²) in [6.45, 7) is 7.41. The molecule has 18 heavy (non-hydrogen) atoms. The van der Waals surface area contributed by atoms with Crippen molar-refractivity contribution in [2.45, 2.75) is 33.1 Å². The maximum atomic E-state index is 4.61. The summed E-state index contributed by atoms with van der Waals surface area (Å²) in [5.74, 6) is 2.56. The van der Waals surface area contributed by atoms with Crippen molar-refractivity contribution in [3.63, 3.8) is 0 Å². The van der Waals surface area contributed by atoms with Crippen LogP contribution >= 0.6 is 15.9 Å². The Morgan fingerprint density at radius 2 is 2.28 bits per heavy atom. The van der Waals surface area contributed by atoms with Gasteiger partial charge in [0.25, 0.3) is 0 Å². The van der Waals surface area contributed by atoms with Crippen molar-refractivity contribution in [3.05, 3.63) is 10.7 Å². The van der Waals surface area contributed by atoms with E-state index in [2.05, 4.69) is 50.0 Å². The quantitative estimate of drug-likeness (QED) is 0.929. The van der Waals surface area contributed by atoms with E-state index in [0.717, 1.165) is 35.8 Å². The minimum absolute atomic E-state index is 0.716. The monoisotopic (exact) mass is 312 g/mol. The SMILES string of the molecule is CCNc1ncc(Br)c(N2CCCC(C)CC2)n1. The molecular formula is C13H21BrN4. The summed E-state index contributed by atoms with van der Waals surface area (Å²) in [4.78, 5) is 11.2. The third kappa shape index (κ3) is 3.34. The van der Waals surface area contributed by atoms with Crippen LogP contribution in [0.5, 0.6) is 0 Å². The van der Waals surface area contributed by atoms with Crippen molar-refractivity contribution >= 4 is 27.7 Å². The van der Waals surface area contributed by atoms with Crippen molar-refractivity contribution < 1.29 is 0 Å². The van der Waals surface area contributed by atoms with Crippen LogP contribution in [-0.4, -0.2) is 29.6 Å². The second-order valence-electron chi connectivity index (χ2n) is 4.92. The van der Waals surface area contributed by atoms with Gasteiger partial charge in [-0.15, -0.1) is 0 Å². The first-order valence-corrected chi connectivity index (χ1v) is 7.51. The number of hydrogen-bond acceptors (Lipinski definition) is 4. The van der Waals surface area contributed by atoms with E-state index < -0.39 is 0 Å². The lowest BCUT2D eigenvalue weighted by Crippen LogP contribution is -2.26. The van der Waals surface area contributed by atoms with Gasteiger partial charge in [0, 0.05) is 25.8 Å². The summed E-state index contributed by atoms with van der Waals surface area (Å²) in [6.07, 6.45) is 5.65. The van der Waals surface area contributed by atoms with Gasteiger partial charge in [0.2, 0.25) is 5.95 Å². The van der Waals surface area contributed by atoms with Crippen LogP contribution < -0.4 is 10.2 Å². The molecule has 1 aliphatic heterocycles. The molecular weight excluding hydrogens is 292 g/mol. The molecule has 1 unspecified atom stereocenters. The molecule has 0 spiro atoms. The molecule has 2 heterocycles. The lowest BCUT2D eigenvalue weighted by atomic mass is 10.0. The van der Waals surface area contributed by atoms with Gasteiger partial charge in [-0.3, -0.25) is 0 Å². The van der Waals surface area contributed by atoms with Gasteiger partial charge in [0.15, 0.2) is 0 Å². The molecule has 0 aliphatic carbocycles. The molecule has 1 aliphatic rings. The van der Waals surface area contributed by atoms with E-state index in [-0.39, 0.29) is 0 Å². The first-order valence-electron chi connectivity index (χ1n) is 6.72. The van der Waals surface area contributed by atoms with Gasteiger partial charge in [-0.05, 0) is 48.0 Å². The number of nitrogens with one attached hydrogen (secondary N) is 1. The average molecular weight is 313 g/mol. The molecule has 1 N–H and O–H groups in total. The molecule has 100 valence electrons. The molecule has 0 bridgehead atoms. The second-order valence-corrected chi connectivity index (χ2v) is 5.77. The number of rotatable bonds is 3. The average Bonchev–Trinajstić information content (AvgIpc) is 2.57. The van der Waals surface area contributed by atoms with Gasteiger partial charge >= 0.3 is 0 Å².